The third-order valence-corrected chi connectivity index (χ3v) is 3.15. The van der Waals surface area contributed by atoms with Crippen LogP contribution in [0.2, 0.25) is 10.0 Å². The van der Waals surface area contributed by atoms with Crippen molar-refractivity contribution >= 4 is 29.3 Å². The second-order valence-electron chi connectivity index (χ2n) is 3.37. The van der Waals surface area contributed by atoms with Crippen LogP contribution < -0.4 is 5.32 Å². The van der Waals surface area contributed by atoms with E-state index in [1.54, 1.807) is 6.07 Å². The van der Waals surface area contributed by atoms with Crippen molar-refractivity contribution in [1.29, 1.82) is 0 Å². The van der Waals surface area contributed by atoms with Gasteiger partial charge in [0, 0.05) is 6.54 Å². The molecule has 0 amide bonds. The van der Waals surface area contributed by atoms with Gasteiger partial charge in [0.1, 0.15) is 0 Å². The van der Waals surface area contributed by atoms with Gasteiger partial charge in [-0.3, -0.25) is 0 Å². The third-order valence-electron chi connectivity index (χ3n) is 2.32. The van der Waals surface area contributed by atoms with Crippen LogP contribution in [-0.2, 0) is 0 Å². The molecule has 0 atom stereocenters. The van der Waals surface area contributed by atoms with Gasteiger partial charge in [0.05, 0.1) is 10.0 Å². The Morgan fingerprint density at radius 3 is 2.86 bits per heavy atom. The molecule has 74 valence electrons. The molecule has 1 saturated heterocycles. The first-order valence-corrected chi connectivity index (χ1v) is 5.37. The quantitative estimate of drug-likeness (QED) is 0.776. The maximum Gasteiger partial charge on any atom is 0.0664 e. The summed E-state index contributed by atoms with van der Waals surface area (Å²) in [5.74, 6) is 0. The van der Waals surface area contributed by atoms with Gasteiger partial charge < -0.3 is 5.32 Å². The lowest BCUT2D eigenvalue weighted by Gasteiger charge is -2.01. The molecule has 0 unspecified atom stereocenters. The van der Waals surface area contributed by atoms with Crippen LogP contribution in [0.1, 0.15) is 12.0 Å². The zero-order valence-electron chi connectivity index (χ0n) is 7.69. The van der Waals surface area contributed by atoms with Crippen molar-refractivity contribution in [3.8, 4) is 0 Å². The van der Waals surface area contributed by atoms with E-state index in [9.17, 15) is 0 Å². The molecule has 1 aromatic rings. The average Bonchev–Trinajstić information content (AvgIpc) is 2.66. The average molecular weight is 228 g/mol. The van der Waals surface area contributed by atoms with Crippen molar-refractivity contribution in [1.82, 2.24) is 5.32 Å². The van der Waals surface area contributed by atoms with Crippen LogP contribution >= 0.6 is 23.2 Å². The van der Waals surface area contributed by atoms with Gasteiger partial charge in [-0.05, 0) is 24.6 Å². The Bertz CT molecular complexity index is 364. The predicted octanol–water partition coefficient (Wildman–Crippen LogP) is 3.37. The van der Waals surface area contributed by atoms with E-state index in [-0.39, 0.29) is 0 Å². The minimum absolute atomic E-state index is 0.618. The van der Waals surface area contributed by atoms with Crippen molar-refractivity contribution in [3.63, 3.8) is 0 Å². The summed E-state index contributed by atoms with van der Waals surface area (Å²) in [5.41, 5.74) is 2.40. The maximum absolute atomic E-state index is 6.07. The van der Waals surface area contributed by atoms with Gasteiger partial charge in [0.2, 0.25) is 0 Å². The van der Waals surface area contributed by atoms with E-state index < -0.39 is 0 Å². The van der Waals surface area contributed by atoms with E-state index in [4.69, 9.17) is 23.2 Å². The molecular weight excluding hydrogens is 217 g/mol. The lowest BCUT2D eigenvalue weighted by Crippen LogP contribution is -2.04. The SMILES string of the molecule is Clc1cccc(/C=C2/CCNC2)c1Cl. The minimum Gasteiger partial charge on any atom is -0.313 e. The predicted molar refractivity (Wildman–Crippen MR) is 61.9 cm³/mol. The molecular formula is C11H11Cl2N. The number of halogens is 2. The molecule has 1 aliphatic rings. The van der Waals surface area contributed by atoms with Crippen LogP contribution in [-0.4, -0.2) is 13.1 Å². The lowest BCUT2D eigenvalue weighted by atomic mass is 10.1. The Morgan fingerprint density at radius 1 is 1.29 bits per heavy atom. The van der Waals surface area contributed by atoms with Gasteiger partial charge in [-0.25, -0.2) is 0 Å². The summed E-state index contributed by atoms with van der Waals surface area (Å²) < 4.78 is 0. The van der Waals surface area contributed by atoms with Gasteiger partial charge in [-0.2, -0.15) is 0 Å². The first-order chi connectivity index (χ1) is 6.77. The molecule has 1 aliphatic heterocycles. The Labute approximate surface area is 93.7 Å². The first kappa shape index (κ1) is 10.0. The molecule has 1 N–H and O–H groups in total. The highest BCUT2D eigenvalue weighted by atomic mass is 35.5. The van der Waals surface area contributed by atoms with E-state index in [2.05, 4.69) is 11.4 Å². The summed E-state index contributed by atoms with van der Waals surface area (Å²) in [7, 11) is 0. The Morgan fingerprint density at radius 2 is 2.14 bits per heavy atom. The van der Waals surface area contributed by atoms with Crippen LogP contribution in [0.25, 0.3) is 6.08 Å². The highest BCUT2D eigenvalue weighted by Gasteiger charge is 2.07. The second-order valence-corrected chi connectivity index (χ2v) is 4.16. The summed E-state index contributed by atoms with van der Waals surface area (Å²) in [6.07, 6.45) is 3.22. The molecule has 0 aromatic heterocycles. The van der Waals surface area contributed by atoms with Crippen LogP contribution in [0.3, 0.4) is 0 Å². The summed E-state index contributed by atoms with van der Waals surface area (Å²) in [4.78, 5) is 0. The maximum atomic E-state index is 6.07. The zero-order chi connectivity index (χ0) is 9.97. The van der Waals surface area contributed by atoms with Crippen molar-refractivity contribution in [3.05, 3.63) is 39.4 Å². The fourth-order valence-electron chi connectivity index (χ4n) is 1.56. The van der Waals surface area contributed by atoms with E-state index in [1.807, 2.05) is 12.1 Å². The summed E-state index contributed by atoms with van der Waals surface area (Å²) in [5, 5.41) is 4.55. The van der Waals surface area contributed by atoms with Crippen LogP contribution in [0.4, 0.5) is 0 Å². The van der Waals surface area contributed by atoms with E-state index in [0.717, 1.165) is 25.1 Å². The van der Waals surface area contributed by atoms with Gasteiger partial charge in [0.25, 0.3) is 0 Å². The monoisotopic (exact) mass is 227 g/mol. The summed E-state index contributed by atoms with van der Waals surface area (Å²) in [6.45, 7) is 2.02. The first-order valence-electron chi connectivity index (χ1n) is 4.61. The largest absolute Gasteiger partial charge is 0.313 e. The molecule has 1 aromatic carbocycles. The number of benzene rings is 1. The number of hydrogen-bond acceptors (Lipinski definition) is 1. The van der Waals surface area contributed by atoms with Crippen LogP contribution in [0.5, 0.6) is 0 Å². The van der Waals surface area contributed by atoms with Gasteiger partial charge >= 0.3 is 0 Å². The Hall–Kier alpha value is -0.500. The minimum atomic E-state index is 0.618. The molecule has 0 aliphatic carbocycles. The molecule has 1 heterocycles. The molecule has 0 saturated carbocycles. The molecule has 14 heavy (non-hydrogen) atoms. The normalized spacial score (nSPS) is 19.1. The van der Waals surface area contributed by atoms with Crippen LogP contribution in [0, 0.1) is 0 Å². The Kier molecular flexibility index (Phi) is 3.12. The number of hydrogen-bond donors (Lipinski definition) is 1. The molecule has 3 heteroatoms. The molecule has 0 bridgehead atoms. The van der Waals surface area contributed by atoms with E-state index in [1.165, 1.54) is 5.57 Å². The van der Waals surface area contributed by atoms with Crippen molar-refractivity contribution < 1.29 is 0 Å². The van der Waals surface area contributed by atoms with Crippen LogP contribution in [0.15, 0.2) is 23.8 Å². The standard InChI is InChI=1S/C11H11Cl2N/c12-10-3-1-2-9(11(10)13)6-8-4-5-14-7-8/h1-3,6,14H,4-5,7H2/b8-6-. The molecule has 0 radical (unpaired) electrons. The lowest BCUT2D eigenvalue weighted by molar-refractivity contribution is 0.862. The van der Waals surface area contributed by atoms with Gasteiger partial charge in [-0.1, -0.05) is 47.0 Å². The fraction of sp³-hybridized carbons (Fsp3) is 0.273. The Balaban J connectivity index is 2.32. The second kappa shape index (κ2) is 4.35. The zero-order valence-corrected chi connectivity index (χ0v) is 9.20. The van der Waals surface area contributed by atoms with Gasteiger partial charge in [-0.15, -0.1) is 0 Å². The number of nitrogens with one attached hydrogen (secondary N) is 1. The third kappa shape index (κ3) is 2.11. The molecule has 1 nitrogen and oxygen atoms in total. The molecule has 0 spiro atoms. The fourth-order valence-corrected chi connectivity index (χ4v) is 1.92. The van der Waals surface area contributed by atoms with E-state index >= 15 is 0 Å². The van der Waals surface area contributed by atoms with Gasteiger partial charge in [0.15, 0.2) is 0 Å². The molecule has 2 rings (SSSR count). The molecule has 1 fully saturated rings. The van der Waals surface area contributed by atoms with Crippen molar-refractivity contribution in [2.75, 3.05) is 13.1 Å². The van der Waals surface area contributed by atoms with Crippen molar-refractivity contribution in [2.45, 2.75) is 6.42 Å². The summed E-state index contributed by atoms with van der Waals surface area (Å²) in [6, 6.07) is 5.71. The number of rotatable bonds is 1. The topological polar surface area (TPSA) is 12.0 Å². The smallest absolute Gasteiger partial charge is 0.0664 e. The highest BCUT2D eigenvalue weighted by Crippen LogP contribution is 2.27. The summed E-state index contributed by atoms with van der Waals surface area (Å²) >= 11 is 12.0. The highest BCUT2D eigenvalue weighted by molar-refractivity contribution is 6.42. The van der Waals surface area contributed by atoms with Crippen molar-refractivity contribution in [2.24, 2.45) is 0 Å². The van der Waals surface area contributed by atoms with E-state index in [0.29, 0.717) is 10.0 Å².